The van der Waals surface area contributed by atoms with E-state index in [4.69, 9.17) is 22.5 Å². The fraction of sp³-hybridized carbons (Fsp3) is 0.500. The Morgan fingerprint density at radius 3 is 2.68 bits per heavy atom. The fourth-order valence-electron chi connectivity index (χ4n) is 1.98. The van der Waals surface area contributed by atoms with Gasteiger partial charge in [0.25, 0.3) is 0 Å². The van der Waals surface area contributed by atoms with Gasteiger partial charge in [0.2, 0.25) is 0 Å². The average molecular weight is 284 g/mol. The van der Waals surface area contributed by atoms with E-state index in [1.807, 2.05) is 12.1 Å². The third kappa shape index (κ3) is 3.77. The molecular formula is C14H22ClN3O. The fourth-order valence-corrected chi connectivity index (χ4v) is 2.25. The van der Waals surface area contributed by atoms with E-state index in [1.165, 1.54) is 0 Å². The van der Waals surface area contributed by atoms with Crippen molar-refractivity contribution in [1.82, 2.24) is 0 Å². The first kappa shape index (κ1) is 15.6. The van der Waals surface area contributed by atoms with Gasteiger partial charge in [-0.25, -0.2) is 0 Å². The van der Waals surface area contributed by atoms with Crippen LogP contribution in [0.1, 0.15) is 32.8 Å². The number of hydrogen-bond acceptors (Lipinski definition) is 3. The summed E-state index contributed by atoms with van der Waals surface area (Å²) >= 11 is 6.18. The zero-order valence-corrected chi connectivity index (χ0v) is 12.5. The van der Waals surface area contributed by atoms with Crippen molar-refractivity contribution in [3.63, 3.8) is 0 Å². The van der Waals surface area contributed by atoms with Gasteiger partial charge in [-0.15, -0.1) is 0 Å². The molecule has 0 spiro atoms. The van der Waals surface area contributed by atoms with Crippen molar-refractivity contribution in [2.75, 3.05) is 18.0 Å². The van der Waals surface area contributed by atoms with E-state index in [9.17, 15) is 0 Å². The molecule has 0 radical (unpaired) electrons. The molecule has 0 bridgehead atoms. The van der Waals surface area contributed by atoms with Crippen LogP contribution in [0.4, 0.5) is 5.69 Å². The van der Waals surface area contributed by atoms with Crippen LogP contribution in [-0.4, -0.2) is 24.1 Å². The highest BCUT2D eigenvalue weighted by Gasteiger charge is 2.17. The van der Waals surface area contributed by atoms with Gasteiger partial charge in [-0.05, 0) is 25.0 Å². The van der Waals surface area contributed by atoms with Gasteiger partial charge in [-0.3, -0.25) is 0 Å². The molecule has 106 valence electrons. The number of oxime groups is 1. The summed E-state index contributed by atoms with van der Waals surface area (Å²) in [4.78, 5) is 2.20. The van der Waals surface area contributed by atoms with Gasteiger partial charge in [0, 0.05) is 18.8 Å². The highest BCUT2D eigenvalue weighted by molar-refractivity contribution is 6.34. The third-order valence-electron chi connectivity index (χ3n) is 3.31. The molecule has 4 nitrogen and oxygen atoms in total. The van der Waals surface area contributed by atoms with Crippen molar-refractivity contribution < 1.29 is 5.21 Å². The molecular weight excluding hydrogens is 262 g/mol. The van der Waals surface area contributed by atoms with Crippen LogP contribution >= 0.6 is 11.6 Å². The number of rotatable bonds is 6. The smallest absolute Gasteiger partial charge is 0.173 e. The van der Waals surface area contributed by atoms with Gasteiger partial charge in [-0.1, -0.05) is 43.1 Å². The summed E-state index contributed by atoms with van der Waals surface area (Å²) in [5.74, 6) is 0.613. The van der Waals surface area contributed by atoms with Crippen molar-refractivity contribution in [3.05, 3.63) is 28.8 Å². The Kier molecular flexibility index (Phi) is 5.96. The number of nitrogens with zero attached hydrogens (tertiary/aromatic N) is 2. The largest absolute Gasteiger partial charge is 0.409 e. The van der Waals surface area contributed by atoms with Gasteiger partial charge in [0.15, 0.2) is 5.84 Å². The van der Waals surface area contributed by atoms with Crippen LogP contribution < -0.4 is 10.6 Å². The van der Waals surface area contributed by atoms with Crippen LogP contribution in [0, 0.1) is 5.92 Å². The van der Waals surface area contributed by atoms with Gasteiger partial charge >= 0.3 is 0 Å². The molecule has 0 aliphatic carbocycles. The number of amidine groups is 1. The number of nitrogens with two attached hydrogens (primary N) is 1. The van der Waals surface area contributed by atoms with E-state index < -0.39 is 0 Å². The second-order valence-corrected chi connectivity index (χ2v) is 5.08. The number of hydrogen-bond donors (Lipinski definition) is 2. The second kappa shape index (κ2) is 7.24. The van der Waals surface area contributed by atoms with E-state index in [0.29, 0.717) is 16.5 Å². The molecule has 1 rings (SSSR count). The average Bonchev–Trinajstić information content (AvgIpc) is 2.43. The molecule has 0 fully saturated rings. The SMILES string of the molecule is CCC(C)CN(CC)c1cccc(Cl)c1C(N)=NO. The van der Waals surface area contributed by atoms with Crippen LogP contribution in [-0.2, 0) is 0 Å². The van der Waals surface area contributed by atoms with Crippen molar-refractivity contribution >= 4 is 23.1 Å². The monoisotopic (exact) mass is 283 g/mol. The van der Waals surface area contributed by atoms with E-state index in [-0.39, 0.29) is 5.84 Å². The van der Waals surface area contributed by atoms with E-state index in [2.05, 4.69) is 30.8 Å². The normalized spacial score (nSPS) is 13.4. The summed E-state index contributed by atoms with van der Waals surface area (Å²) in [7, 11) is 0. The molecule has 0 aliphatic rings. The standard InChI is InChI=1S/C14H22ClN3O/c1-4-10(3)9-18(5-2)12-8-6-7-11(15)13(12)14(16)17-19/h6-8,10,19H,4-5,9H2,1-3H3,(H2,16,17). The van der Waals surface area contributed by atoms with Crippen LogP contribution in [0.2, 0.25) is 5.02 Å². The minimum Gasteiger partial charge on any atom is -0.409 e. The van der Waals surface area contributed by atoms with Gasteiger partial charge in [0.1, 0.15) is 0 Å². The zero-order valence-electron chi connectivity index (χ0n) is 11.7. The first-order chi connectivity index (χ1) is 9.04. The lowest BCUT2D eigenvalue weighted by molar-refractivity contribution is 0.318. The summed E-state index contributed by atoms with van der Waals surface area (Å²) in [5, 5.41) is 12.5. The Balaban J connectivity index is 3.20. The first-order valence-corrected chi connectivity index (χ1v) is 6.94. The number of halogens is 1. The van der Waals surface area contributed by atoms with Crippen LogP contribution in [0.5, 0.6) is 0 Å². The lowest BCUT2D eigenvalue weighted by Gasteiger charge is -2.28. The maximum Gasteiger partial charge on any atom is 0.173 e. The molecule has 0 amide bonds. The van der Waals surface area contributed by atoms with Gasteiger partial charge < -0.3 is 15.8 Å². The molecule has 1 aromatic rings. The molecule has 0 aromatic heterocycles. The van der Waals surface area contributed by atoms with E-state index in [1.54, 1.807) is 6.07 Å². The van der Waals surface area contributed by atoms with Crippen LogP contribution in [0.15, 0.2) is 23.4 Å². The Morgan fingerprint density at radius 1 is 1.47 bits per heavy atom. The van der Waals surface area contributed by atoms with Gasteiger partial charge in [-0.2, -0.15) is 0 Å². The third-order valence-corrected chi connectivity index (χ3v) is 3.62. The molecule has 0 saturated heterocycles. The first-order valence-electron chi connectivity index (χ1n) is 6.56. The van der Waals surface area contributed by atoms with Crippen molar-refractivity contribution in [2.45, 2.75) is 27.2 Å². The van der Waals surface area contributed by atoms with E-state index >= 15 is 0 Å². The molecule has 0 heterocycles. The Bertz CT molecular complexity index is 448. The Hall–Kier alpha value is -1.42. The van der Waals surface area contributed by atoms with Crippen molar-refractivity contribution in [3.8, 4) is 0 Å². The highest BCUT2D eigenvalue weighted by atomic mass is 35.5. The predicted molar refractivity (Wildman–Crippen MR) is 81.3 cm³/mol. The topological polar surface area (TPSA) is 61.8 Å². The lowest BCUT2D eigenvalue weighted by Crippen LogP contribution is -2.30. The zero-order chi connectivity index (χ0) is 14.4. The van der Waals surface area contributed by atoms with Crippen LogP contribution in [0.25, 0.3) is 0 Å². The highest BCUT2D eigenvalue weighted by Crippen LogP contribution is 2.28. The number of benzene rings is 1. The molecule has 3 N–H and O–H groups in total. The second-order valence-electron chi connectivity index (χ2n) is 4.67. The molecule has 5 heteroatoms. The summed E-state index contributed by atoms with van der Waals surface area (Å²) in [6, 6.07) is 5.58. The van der Waals surface area contributed by atoms with Crippen LogP contribution in [0.3, 0.4) is 0 Å². The molecule has 19 heavy (non-hydrogen) atoms. The minimum absolute atomic E-state index is 0.0446. The molecule has 1 unspecified atom stereocenters. The summed E-state index contributed by atoms with van der Waals surface area (Å²) < 4.78 is 0. The summed E-state index contributed by atoms with van der Waals surface area (Å²) in [6.45, 7) is 8.21. The lowest BCUT2D eigenvalue weighted by atomic mass is 10.1. The Labute approximate surface area is 119 Å². The maximum atomic E-state index is 8.91. The summed E-state index contributed by atoms with van der Waals surface area (Å²) in [6.07, 6.45) is 1.11. The van der Waals surface area contributed by atoms with Crippen molar-refractivity contribution in [2.24, 2.45) is 16.8 Å². The predicted octanol–water partition coefficient (Wildman–Crippen LogP) is 3.31. The quantitative estimate of drug-likeness (QED) is 0.364. The molecule has 1 aromatic carbocycles. The Morgan fingerprint density at radius 2 is 2.16 bits per heavy atom. The minimum atomic E-state index is 0.0446. The van der Waals surface area contributed by atoms with Gasteiger partial charge in [0.05, 0.1) is 10.6 Å². The van der Waals surface area contributed by atoms with Crippen molar-refractivity contribution in [1.29, 1.82) is 0 Å². The number of anilines is 1. The maximum absolute atomic E-state index is 8.91. The summed E-state index contributed by atoms with van der Waals surface area (Å²) in [5.41, 5.74) is 7.24. The molecule has 1 atom stereocenters. The molecule has 0 aliphatic heterocycles. The molecule has 0 saturated carbocycles. The van der Waals surface area contributed by atoms with E-state index in [0.717, 1.165) is 25.2 Å².